The van der Waals surface area contributed by atoms with Crippen LogP contribution in [0.2, 0.25) is 0 Å². The maximum absolute atomic E-state index is 14.3. The molecule has 0 radical (unpaired) electrons. The lowest BCUT2D eigenvalue weighted by atomic mass is 9.85. The molecule has 6 atom stereocenters. The number of nitrogens with zero attached hydrogens (tertiary/aromatic N) is 5. The molecule has 0 saturated carbocycles. The van der Waals surface area contributed by atoms with Gasteiger partial charge >= 0.3 is 5.97 Å². The Morgan fingerprint density at radius 1 is 1.20 bits per heavy atom. The summed E-state index contributed by atoms with van der Waals surface area (Å²) in [6, 6.07) is 7.94. The van der Waals surface area contributed by atoms with Crippen molar-refractivity contribution in [2.75, 3.05) is 44.5 Å². The van der Waals surface area contributed by atoms with Crippen molar-refractivity contribution in [2.45, 2.75) is 103 Å². The van der Waals surface area contributed by atoms with Crippen molar-refractivity contribution in [2.24, 2.45) is 16.3 Å². The van der Waals surface area contributed by atoms with Crippen LogP contribution < -0.4 is 15.6 Å². The van der Waals surface area contributed by atoms with Gasteiger partial charge in [0.1, 0.15) is 18.1 Å². The van der Waals surface area contributed by atoms with Gasteiger partial charge in [-0.15, -0.1) is 11.8 Å². The Bertz CT molecular complexity index is 1900. The number of cyclic esters (lactones) is 1. The van der Waals surface area contributed by atoms with Crippen LogP contribution in [-0.4, -0.2) is 107 Å². The normalized spacial score (nSPS) is 25.7. The average Bonchev–Trinajstić information content (AvgIpc) is 3.77. The first-order valence-electron chi connectivity index (χ1n) is 19.7. The number of rotatable bonds is 8. The molecule has 6 bridgehead atoms. The Hall–Kier alpha value is -4.27. The third-order valence-corrected chi connectivity index (χ3v) is 12.4. The molecule has 13 nitrogen and oxygen atoms in total. The Balaban J connectivity index is 1.44. The maximum atomic E-state index is 14.3. The highest BCUT2D eigenvalue weighted by Gasteiger charge is 2.41. The molecule has 5 heterocycles. The lowest BCUT2D eigenvalue weighted by Crippen LogP contribution is -2.62. The van der Waals surface area contributed by atoms with Gasteiger partial charge in [0.05, 0.1) is 35.5 Å². The van der Waals surface area contributed by atoms with Crippen molar-refractivity contribution in [3.63, 3.8) is 0 Å². The van der Waals surface area contributed by atoms with Crippen LogP contribution in [-0.2, 0) is 28.7 Å². The molecule has 2 aromatic rings. The fourth-order valence-corrected chi connectivity index (χ4v) is 9.36. The van der Waals surface area contributed by atoms with Gasteiger partial charge in [0.25, 0.3) is 5.91 Å². The third kappa shape index (κ3) is 8.52. The van der Waals surface area contributed by atoms with Gasteiger partial charge in [0.2, 0.25) is 11.8 Å². The van der Waals surface area contributed by atoms with Crippen molar-refractivity contribution < 1.29 is 28.7 Å². The number of likely N-dealkylation sites (N-methyl/N-ethyl adjacent to an activating group) is 2. The summed E-state index contributed by atoms with van der Waals surface area (Å²) >= 11 is 1.63. The monoisotopic (exact) mass is 787 g/mol. The van der Waals surface area contributed by atoms with Crippen molar-refractivity contribution >= 4 is 52.4 Å². The number of nitrogens with one attached hydrogen (secondary N) is 2. The number of anilines is 1. The standard InChI is InChI=1S/C42H57N7O6S/c1-10-48-34-16-15-27-19-29(34)30(38(48)28-13-11-17-43-36(28)25(4)54-9)21-42(6,7)23-55-41(53)31-14-12-18-49(46-31)40(52)32(20-35-44-33(27)22-56-35)45-39(51)37(24(2)3)47(8)26(5)50/h11,13,15-17,19,21,24-25,31-32,35,37-38,46H,10,12,14,18,20,22-23H2,1-9H3,(H,45,51)/b30-21+/t25-,31-,32-,35?,37-,38?/m0/s1. The number of hydrazine groups is 1. The van der Waals surface area contributed by atoms with E-state index in [4.69, 9.17) is 19.5 Å². The smallest absolute Gasteiger partial charge is 0.324 e. The van der Waals surface area contributed by atoms with E-state index in [9.17, 15) is 19.2 Å². The third-order valence-electron chi connectivity index (χ3n) is 11.2. The lowest BCUT2D eigenvalue weighted by Gasteiger charge is -2.36. The summed E-state index contributed by atoms with van der Waals surface area (Å²) in [6.07, 6.45) is 5.12. The van der Waals surface area contributed by atoms with Gasteiger partial charge in [0.15, 0.2) is 0 Å². The number of thioether (sulfide) groups is 1. The number of carbonyl (C=O) groups excluding carboxylic acids is 4. The number of hydrogen-bond donors (Lipinski definition) is 2. The summed E-state index contributed by atoms with van der Waals surface area (Å²) in [5, 5.41) is 4.13. The summed E-state index contributed by atoms with van der Waals surface area (Å²) < 4.78 is 11.8. The van der Waals surface area contributed by atoms with Crippen LogP contribution in [0.4, 0.5) is 5.69 Å². The van der Waals surface area contributed by atoms with Crippen molar-refractivity contribution in [1.82, 2.24) is 25.6 Å². The average molecular weight is 788 g/mol. The highest BCUT2D eigenvalue weighted by Crippen LogP contribution is 2.51. The minimum Gasteiger partial charge on any atom is -0.464 e. The number of aromatic nitrogens is 1. The predicted molar refractivity (Wildman–Crippen MR) is 219 cm³/mol. The number of amides is 3. The molecule has 1 aromatic carbocycles. The van der Waals surface area contributed by atoms with Crippen molar-refractivity contribution in [3.05, 3.63) is 65.0 Å². The van der Waals surface area contributed by atoms with Gasteiger partial charge in [-0.3, -0.25) is 34.2 Å². The Morgan fingerprint density at radius 2 is 1.96 bits per heavy atom. The van der Waals surface area contributed by atoms with Gasteiger partial charge in [-0.05, 0) is 61.9 Å². The zero-order valence-corrected chi connectivity index (χ0v) is 34.9. The molecule has 3 amide bonds. The first kappa shape index (κ1) is 41.4. The summed E-state index contributed by atoms with van der Waals surface area (Å²) in [6.45, 7) is 14.7. The van der Waals surface area contributed by atoms with E-state index in [0.29, 0.717) is 25.1 Å². The van der Waals surface area contributed by atoms with Crippen LogP contribution in [0.5, 0.6) is 0 Å². The number of esters is 1. The maximum Gasteiger partial charge on any atom is 0.324 e. The number of carbonyl (C=O) groups is 4. The largest absolute Gasteiger partial charge is 0.464 e. The number of benzene rings is 1. The van der Waals surface area contributed by atoms with E-state index in [-0.39, 0.29) is 48.3 Å². The molecule has 14 heteroatoms. The van der Waals surface area contributed by atoms with E-state index in [1.807, 2.05) is 26.8 Å². The lowest BCUT2D eigenvalue weighted by molar-refractivity contribution is -0.155. The number of hydrogen-bond acceptors (Lipinski definition) is 11. The van der Waals surface area contributed by atoms with Crippen molar-refractivity contribution in [3.8, 4) is 0 Å². The number of fused-ring (bicyclic) bond motifs is 5. The van der Waals surface area contributed by atoms with Crippen LogP contribution in [0.3, 0.4) is 0 Å². The van der Waals surface area contributed by atoms with Gasteiger partial charge in [-0.1, -0.05) is 45.9 Å². The molecule has 56 heavy (non-hydrogen) atoms. The van der Waals surface area contributed by atoms with Crippen molar-refractivity contribution in [1.29, 1.82) is 0 Å². The predicted octanol–water partition coefficient (Wildman–Crippen LogP) is 5.07. The topological polar surface area (TPSA) is 146 Å². The second kappa shape index (κ2) is 17.1. The van der Waals surface area contributed by atoms with Crippen LogP contribution in [0.1, 0.15) is 102 Å². The Morgan fingerprint density at radius 3 is 2.66 bits per heavy atom. The summed E-state index contributed by atoms with van der Waals surface area (Å²) in [7, 11) is 3.29. The van der Waals surface area contributed by atoms with Gasteiger partial charge in [-0.2, -0.15) is 0 Å². The Labute approximate surface area is 335 Å². The van der Waals surface area contributed by atoms with E-state index >= 15 is 0 Å². The highest BCUT2D eigenvalue weighted by molar-refractivity contribution is 8.00. The van der Waals surface area contributed by atoms with E-state index in [1.165, 1.54) is 16.8 Å². The zero-order chi connectivity index (χ0) is 40.5. The Kier molecular flexibility index (Phi) is 12.6. The van der Waals surface area contributed by atoms with E-state index < -0.39 is 35.4 Å². The molecule has 0 spiro atoms. The molecule has 4 aliphatic rings. The summed E-state index contributed by atoms with van der Waals surface area (Å²) in [4.78, 5) is 68.0. The number of methoxy groups -OCH3 is 1. The quantitative estimate of drug-likeness (QED) is 0.348. The second-order valence-electron chi connectivity index (χ2n) is 16.2. The summed E-state index contributed by atoms with van der Waals surface area (Å²) in [5.41, 5.74) is 9.64. The van der Waals surface area contributed by atoms with Crippen LogP contribution >= 0.6 is 11.8 Å². The fraction of sp³-hybridized carbons (Fsp3) is 0.571. The molecule has 302 valence electrons. The molecular formula is C42H57N7O6S. The molecule has 6 rings (SSSR count). The zero-order valence-electron chi connectivity index (χ0n) is 34.1. The minimum absolute atomic E-state index is 0.119. The van der Waals surface area contributed by atoms with Crippen LogP contribution in [0, 0.1) is 11.3 Å². The molecule has 0 aliphatic carbocycles. The van der Waals surface area contributed by atoms with Crippen LogP contribution in [0.15, 0.2) is 47.6 Å². The fourth-order valence-electron chi connectivity index (χ4n) is 8.24. The van der Waals surface area contributed by atoms with E-state index in [1.54, 1.807) is 32.1 Å². The van der Waals surface area contributed by atoms with Gasteiger partial charge in [-0.25, -0.2) is 5.43 Å². The number of aliphatic imine (C=N–C) groups is 1. The molecule has 2 unspecified atom stereocenters. The van der Waals surface area contributed by atoms with Gasteiger partial charge < -0.3 is 24.6 Å². The van der Waals surface area contributed by atoms with Gasteiger partial charge in [0, 0.05) is 74.8 Å². The first-order valence-corrected chi connectivity index (χ1v) is 20.8. The van der Waals surface area contributed by atoms with E-state index in [0.717, 1.165) is 45.9 Å². The molecule has 2 N–H and O–H groups in total. The first-order chi connectivity index (χ1) is 26.6. The van der Waals surface area contributed by atoms with E-state index in [2.05, 4.69) is 66.8 Å². The molecule has 4 aliphatic heterocycles. The summed E-state index contributed by atoms with van der Waals surface area (Å²) in [5.74, 6) is -1.02. The molecule has 1 saturated heterocycles. The highest BCUT2D eigenvalue weighted by atomic mass is 32.2. The minimum atomic E-state index is -0.957. The number of pyridine rings is 1. The van der Waals surface area contributed by atoms with Crippen LogP contribution in [0.25, 0.3) is 5.57 Å². The SMILES string of the molecule is CCN1c2ccc3cc2/C(=C\C(C)(C)COC(=O)[C@@H]2CCCN(N2)C(=O)[C@@H](NC(=O)[C@H](C(C)C)N(C)C(C)=O)CC2N=C3CS2)C1c1cccnc1[C@H](C)OC. The molecule has 1 fully saturated rings. The second-order valence-corrected chi connectivity index (χ2v) is 17.4. The molecular weight excluding hydrogens is 731 g/mol. The number of ether oxygens (including phenoxy) is 2. The molecule has 1 aromatic heterocycles.